The Morgan fingerprint density at radius 2 is 2.10 bits per heavy atom. The number of carbonyl (C=O) groups is 1. The van der Waals surface area contributed by atoms with Crippen molar-refractivity contribution in [2.45, 2.75) is 19.3 Å². The van der Waals surface area contributed by atoms with Crippen molar-refractivity contribution in [1.82, 2.24) is 15.0 Å². The summed E-state index contributed by atoms with van der Waals surface area (Å²) >= 11 is 5.87. The van der Waals surface area contributed by atoms with Crippen LogP contribution in [0.5, 0.6) is 5.75 Å². The molecule has 0 unspecified atom stereocenters. The molecule has 0 atom stereocenters. The van der Waals surface area contributed by atoms with Gasteiger partial charge in [-0.15, -0.1) is 16.7 Å². The monoisotopic (exact) mass is 309 g/mol. The van der Waals surface area contributed by atoms with Crippen LogP contribution < -0.4 is 4.74 Å². The molecule has 2 aromatic rings. The minimum atomic E-state index is -0.511. The number of rotatable bonds is 7. The summed E-state index contributed by atoms with van der Waals surface area (Å²) in [5.74, 6) is 0.394. The van der Waals surface area contributed by atoms with Gasteiger partial charge in [-0.3, -0.25) is 0 Å². The molecule has 0 aliphatic carbocycles. The fourth-order valence-corrected chi connectivity index (χ4v) is 2.03. The van der Waals surface area contributed by atoms with E-state index < -0.39 is 5.97 Å². The highest BCUT2D eigenvalue weighted by Crippen LogP contribution is 2.12. The fraction of sp³-hybridized carbons (Fsp3) is 0.357. The van der Waals surface area contributed by atoms with Gasteiger partial charge in [0.1, 0.15) is 12.4 Å². The number of carbonyl (C=O) groups excluding carboxylic acids is 1. The lowest BCUT2D eigenvalue weighted by Crippen LogP contribution is -2.13. The van der Waals surface area contributed by atoms with Gasteiger partial charge in [0, 0.05) is 0 Å². The largest absolute Gasteiger partial charge is 0.492 e. The van der Waals surface area contributed by atoms with Crippen LogP contribution in [0.2, 0.25) is 0 Å². The van der Waals surface area contributed by atoms with E-state index in [9.17, 15) is 4.79 Å². The molecule has 0 spiro atoms. The number of esters is 1. The summed E-state index contributed by atoms with van der Waals surface area (Å²) in [6.45, 7) is 2.86. The highest BCUT2D eigenvalue weighted by molar-refractivity contribution is 6.17. The predicted molar refractivity (Wildman–Crippen MR) is 77.5 cm³/mol. The normalized spacial score (nSPS) is 10.4. The van der Waals surface area contributed by atoms with Gasteiger partial charge < -0.3 is 9.47 Å². The summed E-state index contributed by atoms with van der Waals surface area (Å²) in [7, 11) is 0. The van der Waals surface area contributed by atoms with Crippen LogP contribution in [0, 0.1) is 0 Å². The van der Waals surface area contributed by atoms with E-state index in [1.807, 2.05) is 30.3 Å². The topological polar surface area (TPSA) is 66.2 Å². The average Bonchev–Trinajstić information content (AvgIpc) is 2.91. The standard InChI is InChI=1S/C14H16ClN3O3/c1-2-20-14(19)13-12(10-15)18(17-16-13)8-9-21-11-6-4-3-5-7-11/h3-7H,2,8-10H2,1H3. The quantitative estimate of drug-likeness (QED) is 0.580. The zero-order valence-corrected chi connectivity index (χ0v) is 12.4. The zero-order chi connectivity index (χ0) is 15.1. The summed E-state index contributed by atoms with van der Waals surface area (Å²) in [6.07, 6.45) is 0. The van der Waals surface area contributed by atoms with Gasteiger partial charge in [-0.05, 0) is 19.1 Å². The molecule has 21 heavy (non-hydrogen) atoms. The summed E-state index contributed by atoms with van der Waals surface area (Å²) in [6, 6.07) is 9.45. The van der Waals surface area contributed by atoms with Gasteiger partial charge in [0.25, 0.3) is 0 Å². The molecule has 6 nitrogen and oxygen atoms in total. The first kappa shape index (κ1) is 15.3. The van der Waals surface area contributed by atoms with Gasteiger partial charge in [-0.1, -0.05) is 23.4 Å². The summed E-state index contributed by atoms with van der Waals surface area (Å²) in [5, 5.41) is 7.75. The number of aromatic nitrogens is 3. The lowest BCUT2D eigenvalue weighted by Gasteiger charge is -2.07. The van der Waals surface area contributed by atoms with Gasteiger partial charge in [-0.25, -0.2) is 9.48 Å². The molecule has 2 rings (SSSR count). The first-order valence-corrected chi connectivity index (χ1v) is 7.13. The summed E-state index contributed by atoms with van der Waals surface area (Å²) in [4.78, 5) is 11.7. The van der Waals surface area contributed by atoms with E-state index in [1.165, 1.54) is 0 Å². The summed E-state index contributed by atoms with van der Waals surface area (Å²) < 4.78 is 12.0. The molecule has 0 aliphatic heterocycles. The van der Waals surface area contributed by atoms with Crippen LogP contribution in [0.3, 0.4) is 0 Å². The van der Waals surface area contributed by atoms with Crippen LogP contribution in [0.25, 0.3) is 0 Å². The predicted octanol–water partition coefficient (Wildman–Crippen LogP) is 2.27. The molecular weight excluding hydrogens is 294 g/mol. The molecule has 0 radical (unpaired) electrons. The number of halogens is 1. The summed E-state index contributed by atoms with van der Waals surface area (Å²) in [5.41, 5.74) is 0.693. The Labute approximate surface area is 127 Å². The molecule has 7 heteroatoms. The molecule has 0 bridgehead atoms. The second kappa shape index (κ2) is 7.64. The molecule has 0 saturated heterocycles. The first-order chi connectivity index (χ1) is 10.3. The lowest BCUT2D eigenvalue weighted by molar-refractivity contribution is 0.0518. The van der Waals surface area contributed by atoms with Gasteiger partial charge >= 0.3 is 5.97 Å². The Kier molecular flexibility index (Phi) is 5.57. The van der Waals surface area contributed by atoms with Crippen LogP contribution in [-0.4, -0.2) is 34.2 Å². The van der Waals surface area contributed by atoms with Gasteiger partial charge in [-0.2, -0.15) is 0 Å². The first-order valence-electron chi connectivity index (χ1n) is 6.59. The maximum Gasteiger partial charge on any atom is 0.360 e. The molecule has 1 aromatic carbocycles. The molecule has 0 saturated carbocycles. The third-order valence-electron chi connectivity index (χ3n) is 2.75. The third-order valence-corrected chi connectivity index (χ3v) is 3.00. The van der Waals surface area contributed by atoms with Crippen LogP contribution in [-0.2, 0) is 17.2 Å². The lowest BCUT2D eigenvalue weighted by atomic mass is 10.3. The Hall–Kier alpha value is -2.08. The fourth-order valence-electron chi connectivity index (χ4n) is 1.77. The number of ether oxygens (including phenoxy) is 2. The van der Waals surface area contributed by atoms with E-state index in [-0.39, 0.29) is 18.2 Å². The van der Waals surface area contributed by atoms with Crippen molar-refractivity contribution in [3.63, 3.8) is 0 Å². The number of benzene rings is 1. The van der Waals surface area contributed by atoms with Crippen molar-refractivity contribution in [2.75, 3.05) is 13.2 Å². The van der Waals surface area contributed by atoms with Crippen molar-refractivity contribution >= 4 is 17.6 Å². The minimum absolute atomic E-state index is 0.131. The van der Waals surface area contributed by atoms with E-state index >= 15 is 0 Å². The SMILES string of the molecule is CCOC(=O)c1nnn(CCOc2ccccc2)c1CCl. The highest BCUT2D eigenvalue weighted by Gasteiger charge is 2.19. The Balaban J connectivity index is 1.98. The van der Waals surface area contributed by atoms with Crippen molar-refractivity contribution in [2.24, 2.45) is 0 Å². The van der Waals surface area contributed by atoms with Crippen LogP contribution >= 0.6 is 11.6 Å². The van der Waals surface area contributed by atoms with Gasteiger partial charge in [0.05, 0.1) is 24.7 Å². The highest BCUT2D eigenvalue weighted by atomic mass is 35.5. The Morgan fingerprint density at radius 3 is 2.76 bits per heavy atom. The number of alkyl halides is 1. The molecule has 0 fully saturated rings. The second-order valence-corrected chi connectivity index (χ2v) is 4.39. The maximum absolute atomic E-state index is 11.7. The van der Waals surface area contributed by atoms with E-state index in [0.717, 1.165) is 5.75 Å². The molecule has 1 heterocycles. The van der Waals surface area contributed by atoms with Gasteiger partial charge in [0.15, 0.2) is 5.69 Å². The zero-order valence-electron chi connectivity index (χ0n) is 11.7. The smallest absolute Gasteiger partial charge is 0.360 e. The maximum atomic E-state index is 11.7. The number of hydrogen-bond donors (Lipinski definition) is 0. The minimum Gasteiger partial charge on any atom is -0.492 e. The van der Waals surface area contributed by atoms with Crippen molar-refractivity contribution in [1.29, 1.82) is 0 Å². The Morgan fingerprint density at radius 1 is 1.33 bits per heavy atom. The third kappa shape index (κ3) is 3.95. The van der Waals surface area contributed by atoms with Crippen LogP contribution in [0.15, 0.2) is 30.3 Å². The van der Waals surface area contributed by atoms with Crippen LogP contribution in [0.1, 0.15) is 23.1 Å². The van der Waals surface area contributed by atoms with Crippen molar-refractivity contribution in [3.05, 3.63) is 41.7 Å². The molecule has 0 aliphatic rings. The van der Waals surface area contributed by atoms with E-state index in [1.54, 1.807) is 11.6 Å². The second-order valence-electron chi connectivity index (χ2n) is 4.12. The van der Waals surface area contributed by atoms with E-state index in [2.05, 4.69) is 10.3 Å². The average molecular weight is 310 g/mol. The molecule has 0 N–H and O–H groups in total. The van der Waals surface area contributed by atoms with E-state index in [0.29, 0.717) is 18.8 Å². The molecule has 112 valence electrons. The number of hydrogen-bond acceptors (Lipinski definition) is 5. The number of nitrogens with zero attached hydrogens (tertiary/aromatic N) is 3. The van der Waals surface area contributed by atoms with Crippen molar-refractivity contribution < 1.29 is 14.3 Å². The van der Waals surface area contributed by atoms with Crippen molar-refractivity contribution in [3.8, 4) is 5.75 Å². The molecular formula is C14H16ClN3O3. The van der Waals surface area contributed by atoms with Crippen LogP contribution in [0.4, 0.5) is 0 Å². The molecule has 0 amide bonds. The van der Waals surface area contributed by atoms with E-state index in [4.69, 9.17) is 21.1 Å². The molecule has 1 aromatic heterocycles. The Bertz CT molecular complexity index is 586. The van der Waals surface area contributed by atoms with Gasteiger partial charge in [0.2, 0.25) is 0 Å². The number of para-hydroxylation sites is 1.